The summed E-state index contributed by atoms with van der Waals surface area (Å²) in [5.41, 5.74) is 0. The van der Waals surface area contributed by atoms with E-state index < -0.39 is 10.7 Å². The summed E-state index contributed by atoms with van der Waals surface area (Å²) in [6, 6.07) is -1.04. The molecular formula is C21H37N6O6+. The number of hydroxylamine groups is 7. The number of amides is 3. The van der Waals surface area contributed by atoms with Gasteiger partial charge in [-0.1, -0.05) is 0 Å². The molecule has 186 valence electrons. The van der Waals surface area contributed by atoms with Crippen molar-refractivity contribution in [2.75, 3.05) is 58.9 Å². The van der Waals surface area contributed by atoms with Crippen molar-refractivity contribution in [1.29, 1.82) is 0 Å². The molecule has 12 heteroatoms. The van der Waals surface area contributed by atoms with Crippen molar-refractivity contribution in [1.82, 2.24) is 25.2 Å². The first-order chi connectivity index (χ1) is 15.8. The fraction of sp³-hybridized carbons (Fsp3) is 0.857. The standard InChI is InChI=1S/C21H37N6O6/c28-19-4-1-16(25(19)31)13-23-9-7-22-8-10-24(12-11-23)14-18-3-6-21(30)27(18,33)15-17-2-5-20(29)26(17)32/h16-18,22,31-33H,1-15H2/q+1. The maximum Gasteiger partial charge on any atom is 0.346 e. The van der Waals surface area contributed by atoms with Crippen LogP contribution in [0.3, 0.4) is 0 Å². The van der Waals surface area contributed by atoms with Crippen molar-refractivity contribution < 1.29 is 34.7 Å². The molecule has 0 aliphatic carbocycles. The minimum atomic E-state index is -0.730. The quantitative estimate of drug-likeness (QED) is 0.281. The van der Waals surface area contributed by atoms with E-state index >= 15 is 0 Å². The largest absolute Gasteiger partial charge is 0.346 e. The van der Waals surface area contributed by atoms with E-state index in [2.05, 4.69) is 15.1 Å². The Morgan fingerprint density at radius 3 is 1.94 bits per heavy atom. The Bertz CT molecular complexity index is 755. The molecule has 12 nitrogen and oxygen atoms in total. The maximum absolute atomic E-state index is 12.6. The van der Waals surface area contributed by atoms with Crippen LogP contribution in [0.25, 0.3) is 0 Å². The highest BCUT2D eigenvalue weighted by atomic mass is 16.6. The van der Waals surface area contributed by atoms with Gasteiger partial charge in [0.2, 0.25) is 11.8 Å². The Balaban J connectivity index is 1.36. The zero-order valence-electron chi connectivity index (χ0n) is 19.1. The average molecular weight is 470 g/mol. The molecule has 0 spiro atoms. The highest BCUT2D eigenvalue weighted by Gasteiger charge is 2.53. The van der Waals surface area contributed by atoms with E-state index in [0.717, 1.165) is 44.3 Å². The number of nitrogens with one attached hydrogen (secondary N) is 1. The first-order valence-electron chi connectivity index (χ1n) is 12.1. The van der Waals surface area contributed by atoms with E-state index in [9.17, 15) is 30.0 Å². The van der Waals surface area contributed by atoms with E-state index in [1.165, 1.54) is 0 Å². The van der Waals surface area contributed by atoms with Crippen LogP contribution in [0.4, 0.5) is 0 Å². The molecule has 4 fully saturated rings. The van der Waals surface area contributed by atoms with Gasteiger partial charge in [-0.25, -0.2) is 20.1 Å². The van der Waals surface area contributed by atoms with Crippen molar-refractivity contribution in [2.24, 2.45) is 0 Å². The molecule has 0 aromatic heterocycles. The number of hydrogen-bond donors (Lipinski definition) is 4. The Morgan fingerprint density at radius 1 is 0.788 bits per heavy atom. The van der Waals surface area contributed by atoms with Crippen molar-refractivity contribution >= 4 is 17.7 Å². The molecule has 3 amide bonds. The molecule has 0 aromatic rings. The van der Waals surface area contributed by atoms with Crippen LogP contribution in [0.15, 0.2) is 0 Å². The van der Waals surface area contributed by atoms with Crippen molar-refractivity contribution in [2.45, 2.75) is 56.7 Å². The third-order valence-corrected chi connectivity index (χ3v) is 7.68. The summed E-state index contributed by atoms with van der Waals surface area (Å²) >= 11 is 0. The fourth-order valence-electron chi connectivity index (χ4n) is 5.56. The lowest BCUT2D eigenvalue weighted by atomic mass is 10.1. The summed E-state index contributed by atoms with van der Waals surface area (Å²) < 4.78 is -0.730. The van der Waals surface area contributed by atoms with Crippen LogP contribution < -0.4 is 5.32 Å². The van der Waals surface area contributed by atoms with Gasteiger partial charge in [0.15, 0.2) is 0 Å². The van der Waals surface area contributed by atoms with Crippen LogP contribution in [-0.4, -0.2) is 135 Å². The van der Waals surface area contributed by atoms with Crippen LogP contribution >= 0.6 is 0 Å². The predicted molar refractivity (Wildman–Crippen MR) is 114 cm³/mol. The number of rotatable bonds is 6. The normalized spacial score (nSPS) is 35.4. The number of likely N-dealkylation sites (tertiary alicyclic amines) is 1. The summed E-state index contributed by atoms with van der Waals surface area (Å²) in [4.78, 5) is 40.5. The molecule has 4 saturated heterocycles. The van der Waals surface area contributed by atoms with Crippen LogP contribution in [0.2, 0.25) is 0 Å². The maximum atomic E-state index is 12.6. The first-order valence-corrected chi connectivity index (χ1v) is 12.1. The van der Waals surface area contributed by atoms with Gasteiger partial charge in [0, 0.05) is 65.1 Å². The lowest BCUT2D eigenvalue weighted by Crippen LogP contribution is -2.60. The minimum Gasteiger partial charge on any atom is -0.314 e. The van der Waals surface area contributed by atoms with Gasteiger partial charge in [-0.2, -0.15) is 0 Å². The Labute approximate surface area is 193 Å². The molecule has 4 rings (SSSR count). The van der Waals surface area contributed by atoms with Gasteiger partial charge in [0.25, 0.3) is 0 Å². The topological polar surface area (TPSA) is 137 Å². The lowest BCUT2D eigenvalue weighted by Gasteiger charge is -2.35. The Morgan fingerprint density at radius 2 is 1.36 bits per heavy atom. The SMILES string of the molecule is O=C1CCC(CN2CCNCCN(CC3CCC(=O)[N+]3(O)CC3CCC(=O)N3O)CC2)N1O. The molecule has 0 radical (unpaired) electrons. The molecule has 4 heterocycles. The van der Waals surface area contributed by atoms with Crippen LogP contribution in [0.1, 0.15) is 38.5 Å². The second-order valence-electron chi connectivity index (χ2n) is 9.81. The van der Waals surface area contributed by atoms with Crippen LogP contribution in [0, 0.1) is 0 Å². The predicted octanol–water partition coefficient (Wildman–Crippen LogP) is -1.15. The van der Waals surface area contributed by atoms with Gasteiger partial charge in [-0.3, -0.25) is 29.8 Å². The molecule has 0 bridgehead atoms. The van der Waals surface area contributed by atoms with Crippen molar-refractivity contribution in [3.8, 4) is 0 Å². The molecular weight excluding hydrogens is 432 g/mol. The van der Waals surface area contributed by atoms with Crippen LogP contribution in [-0.2, 0) is 14.4 Å². The molecule has 33 heavy (non-hydrogen) atoms. The highest BCUT2D eigenvalue weighted by molar-refractivity contribution is 5.78. The lowest BCUT2D eigenvalue weighted by molar-refractivity contribution is -1.05. The van der Waals surface area contributed by atoms with Gasteiger partial charge in [0.05, 0.1) is 19.0 Å². The molecule has 0 saturated carbocycles. The van der Waals surface area contributed by atoms with Crippen molar-refractivity contribution in [3.63, 3.8) is 0 Å². The second kappa shape index (κ2) is 10.3. The second-order valence-corrected chi connectivity index (χ2v) is 9.81. The van der Waals surface area contributed by atoms with Crippen LogP contribution in [0.5, 0.6) is 0 Å². The van der Waals surface area contributed by atoms with E-state index in [1.54, 1.807) is 0 Å². The third kappa shape index (κ3) is 5.37. The van der Waals surface area contributed by atoms with Gasteiger partial charge >= 0.3 is 5.91 Å². The Hall–Kier alpha value is -1.67. The fourth-order valence-corrected chi connectivity index (χ4v) is 5.56. The summed E-state index contributed by atoms with van der Waals surface area (Å²) in [6.45, 7) is 5.86. The first kappa shape index (κ1) is 24.5. The zero-order valence-corrected chi connectivity index (χ0v) is 19.1. The number of carbonyl (C=O) groups is 3. The third-order valence-electron chi connectivity index (χ3n) is 7.68. The minimum absolute atomic E-state index is 0.0198. The molecule has 4 unspecified atom stereocenters. The number of carbonyl (C=O) groups excluding carboxylic acids is 3. The summed E-state index contributed by atoms with van der Waals surface area (Å²) in [7, 11) is 0. The van der Waals surface area contributed by atoms with Gasteiger partial charge < -0.3 is 5.32 Å². The summed E-state index contributed by atoms with van der Waals surface area (Å²) in [5, 5.41) is 36.2. The van der Waals surface area contributed by atoms with E-state index in [-0.39, 0.29) is 49.2 Å². The molecule has 0 aromatic carbocycles. The Kier molecular flexibility index (Phi) is 7.63. The van der Waals surface area contributed by atoms with Gasteiger partial charge in [-0.15, -0.1) is 4.65 Å². The molecule has 4 aliphatic rings. The highest BCUT2D eigenvalue weighted by Crippen LogP contribution is 2.30. The van der Waals surface area contributed by atoms with E-state index in [1.807, 2.05) is 0 Å². The van der Waals surface area contributed by atoms with E-state index in [4.69, 9.17) is 0 Å². The summed E-state index contributed by atoms with van der Waals surface area (Å²) in [5.74, 6) is -0.852. The molecule has 4 N–H and O–H groups in total. The summed E-state index contributed by atoms with van der Waals surface area (Å²) in [6.07, 6.45) is 2.55. The number of hydrogen-bond acceptors (Lipinski definition) is 9. The van der Waals surface area contributed by atoms with E-state index in [0.29, 0.717) is 43.8 Å². The average Bonchev–Trinajstić information content (AvgIpc) is 3.40. The van der Waals surface area contributed by atoms with Crippen molar-refractivity contribution in [3.05, 3.63) is 0 Å². The number of nitrogens with zero attached hydrogens (tertiary/aromatic N) is 5. The monoisotopic (exact) mass is 469 g/mol. The zero-order chi connectivity index (χ0) is 23.6. The van der Waals surface area contributed by atoms with Gasteiger partial charge in [-0.05, 0) is 12.8 Å². The van der Waals surface area contributed by atoms with Gasteiger partial charge in [0.1, 0.15) is 18.6 Å². The smallest absolute Gasteiger partial charge is 0.314 e. The number of quaternary nitrogens is 1. The molecule has 4 atom stereocenters. The molecule has 4 aliphatic heterocycles.